The van der Waals surface area contributed by atoms with Gasteiger partial charge in [0, 0.05) is 54.1 Å². The number of ether oxygens (including phenoxy) is 6. The zero-order valence-electron chi connectivity index (χ0n) is 27.7. The molecule has 0 radical (unpaired) electrons. The fraction of sp³-hybridized carbons (Fsp3) is 0.471. The topological polar surface area (TPSA) is 127 Å². The Morgan fingerprint density at radius 3 is 2.10 bits per heavy atom. The minimum atomic E-state index is -0.703. The second kappa shape index (κ2) is 16.1. The number of rotatable bonds is 16. The first-order valence-corrected chi connectivity index (χ1v) is 16.2. The van der Waals surface area contributed by atoms with Crippen LogP contribution in [0.3, 0.4) is 0 Å². The van der Waals surface area contributed by atoms with Gasteiger partial charge in [-0.15, -0.1) is 11.3 Å². The molecule has 0 bridgehead atoms. The van der Waals surface area contributed by atoms with Crippen molar-refractivity contribution in [2.24, 2.45) is 11.8 Å². The summed E-state index contributed by atoms with van der Waals surface area (Å²) >= 11 is 1.09. The van der Waals surface area contributed by atoms with Crippen LogP contribution in [-0.4, -0.2) is 69.7 Å². The Morgan fingerprint density at radius 1 is 0.854 bits per heavy atom. The van der Waals surface area contributed by atoms with E-state index in [0.29, 0.717) is 20.7 Å². The third kappa shape index (κ3) is 7.97. The maximum absolute atomic E-state index is 15.6. The Morgan fingerprint density at radius 2 is 1.48 bits per heavy atom. The highest BCUT2D eigenvalue weighted by Crippen LogP contribution is 2.41. The van der Waals surface area contributed by atoms with Crippen molar-refractivity contribution in [2.75, 3.05) is 41.2 Å². The Balaban J connectivity index is 1.39. The molecule has 3 aromatic rings. The number of methoxy groups -OCH3 is 3. The molecule has 14 heteroatoms. The van der Waals surface area contributed by atoms with E-state index in [1.807, 2.05) is 0 Å². The van der Waals surface area contributed by atoms with Gasteiger partial charge in [-0.1, -0.05) is 13.8 Å². The predicted molar refractivity (Wildman–Crippen MR) is 172 cm³/mol. The van der Waals surface area contributed by atoms with Crippen molar-refractivity contribution in [3.05, 3.63) is 45.8 Å². The summed E-state index contributed by atoms with van der Waals surface area (Å²) < 4.78 is 63.6. The number of halogens is 2. The number of carbonyl (C=O) groups is 4. The monoisotopic (exact) mass is 691 g/mol. The van der Waals surface area contributed by atoms with E-state index in [1.54, 1.807) is 32.9 Å². The van der Waals surface area contributed by atoms with Crippen molar-refractivity contribution in [1.29, 1.82) is 0 Å². The van der Waals surface area contributed by atoms with Gasteiger partial charge in [-0.3, -0.25) is 19.2 Å². The van der Waals surface area contributed by atoms with Gasteiger partial charge in [-0.05, 0) is 24.6 Å². The first kappa shape index (κ1) is 36.4. The third-order valence-corrected chi connectivity index (χ3v) is 9.01. The molecule has 0 unspecified atom stereocenters. The van der Waals surface area contributed by atoms with Crippen molar-refractivity contribution in [1.82, 2.24) is 4.90 Å². The van der Waals surface area contributed by atoms with Crippen molar-refractivity contribution in [2.45, 2.75) is 53.1 Å². The van der Waals surface area contributed by atoms with Crippen LogP contribution in [0.5, 0.6) is 23.0 Å². The van der Waals surface area contributed by atoms with Gasteiger partial charge >= 0.3 is 11.9 Å². The summed E-state index contributed by atoms with van der Waals surface area (Å²) in [5.74, 6) is -4.19. The van der Waals surface area contributed by atoms with E-state index < -0.39 is 35.4 Å². The molecule has 0 spiro atoms. The molecule has 48 heavy (non-hydrogen) atoms. The third-order valence-electron chi connectivity index (χ3n) is 7.89. The van der Waals surface area contributed by atoms with Crippen molar-refractivity contribution >= 4 is 45.1 Å². The number of ketones is 1. The molecule has 11 nitrogen and oxygen atoms in total. The molecule has 1 aliphatic heterocycles. The summed E-state index contributed by atoms with van der Waals surface area (Å²) in [6, 6.07) is 4.63. The van der Waals surface area contributed by atoms with Crippen molar-refractivity contribution < 1.29 is 56.4 Å². The highest BCUT2D eigenvalue weighted by molar-refractivity contribution is 7.20. The molecule has 1 aromatic heterocycles. The van der Waals surface area contributed by atoms with Crippen LogP contribution in [0.4, 0.5) is 8.78 Å². The normalized spacial score (nSPS) is 13.5. The lowest BCUT2D eigenvalue weighted by Crippen LogP contribution is -2.29. The van der Waals surface area contributed by atoms with Gasteiger partial charge in [0.25, 0.3) is 0 Å². The zero-order valence-corrected chi connectivity index (χ0v) is 28.6. The number of nitrogens with zero attached hydrogens (tertiary/aromatic N) is 1. The fourth-order valence-corrected chi connectivity index (χ4v) is 6.31. The average molecular weight is 692 g/mol. The standard InChI is InChI=1S/C34H39F2NO10S/c1-7-45-34(41)18(2)11-23(38)27-14-21-26(48-27)15-25(43-5)32(29(21)35)47-10-8-9-46-31-24(42-4)13-20-16-37(17-22(20)30(31)36)28(39)12-19(3)33(40)44-6/h13-15,18-19H,7-12,16-17H2,1-6H3/t18-,19-/m0/s1. The molecule has 1 amide bonds. The Hall–Kier alpha value is -4.46. The number of hydrogen-bond donors (Lipinski definition) is 0. The van der Waals surface area contributed by atoms with Crippen LogP contribution in [0.15, 0.2) is 18.2 Å². The lowest BCUT2D eigenvalue weighted by molar-refractivity contribution is -0.148. The molecule has 1 aliphatic rings. The molecular weight excluding hydrogens is 652 g/mol. The highest BCUT2D eigenvalue weighted by atomic mass is 32.1. The van der Waals surface area contributed by atoms with E-state index in [2.05, 4.69) is 4.74 Å². The molecular formula is C34H39F2NO10S. The maximum atomic E-state index is 15.6. The summed E-state index contributed by atoms with van der Waals surface area (Å²) in [4.78, 5) is 51.0. The summed E-state index contributed by atoms with van der Waals surface area (Å²) in [6.45, 7) is 5.24. The second-order valence-corrected chi connectivity index (χ2v) is 12.4. The molecule has 4 rings (SSSR count). The van der Waals surface area contributed by atoms with Crippen LogP contribution in [0.2, 0.25) is 0 Å². The first-order valence-electron chi connectivity index (χ1n) is 15.4. The largest absolute Gasteiger partial charge is 0.493 e. The van der Waals surface area contributed by atoms with Crippen LogP contribution in [0.1, 0.15) is 60.8 Å². The van der Waals surface area contributed by atoms with E-state index in [0.717, 1.165) is 11.3 Å². The Kier molecular flexibility index (Phi) is 12.2. The summed E-state index contributed by atoms with van der Waals surface area (Å²) in [6.07, 6.45) is 0.0920. The minimum Gasteiger partial charge on any atom is -0.493 e. The van der Waals surface area contributed by atoms with Gasteiger partial charge < -0.3 is 33.3 Å². The number of benzene rings is 2. The number of Topliss-reactive ketones (excluding diaryl/α,β-unsaturated/α-hetero) is 1. The minimum absolute atomic E-state index is 0.00666. The zero-order chi connectivity index (χ0) is 35.1. The molecule has 0 saturated heterocycles. The average Bonchev–Trinajstić information content (AvgIpc) is 3.71. The molecule has 0 saturated carbocycles. The molecule has 2 atom stereocenters. The van der Waals surface area contributed by atoms with Crippen LogP contribution >= 0.6 is 11.3 Å². The van der Waals surface area contributed by atoms with Crippen LogP contribution in [0, 0.1) is 23.5 Å². The number of carbonyl (C=O) groups excluding carboxylic acids is 4. The molecule has 260 valence electrons. The molecule has 0 N–H and O–H groups in total. The van der Waals surface area contributed by atoms with Gasteiger partial charge in [-0.2, -0.15) is 0 Å². The van der Waals surface area contributed by atoms with Crippen molar-refractivity contribution in [3.8, 4) is 23.0 Å². The van der Waals surface area contributed by atoms with E-state index in [-0.39, 0.29) is 92.2 Å². The number of thiophene rings is 1. The van der Waals surface area contributed by atoms with Crippen LogP contribution in [-0.2, 0) is 36.9 Å². The van der Waals surface area contributed by atoms with Crippen molar-refractivity contribution in [3.63, 3.8) is 0 Å². The highest BCUT2D eigenvalue weighted by Gasteiger charge is 2.32. The van der Waals surface area contributed by atoms with Crippen LogP contribution in [0.25, 0.3) is 10.1 Å². The SMILES string of the molecule is CCOC(=O)[C@@H](C)CC(=O)c1cc2c(F)c(OCCCOc3c(OC)cc4c(c3F)CN(C(=O)C[C@H](C)C(=O)OC)C4)c(OC)cc2s1. The van der Waals surface area contributed by atoms with Gasteiger partial charge in [0.15, 0.2) is 40.4 Å². The number of fused-ring (bicyclic) bond motifs is 2. The summed E-state index contributed by atoms with van der Waals surface area (Å²) in [7, 11) is 4.00. The molecule has 2 heterocycles. The Labute approximate surface area is 281 Å². The second-order valence-electron chi connectivity index (χ2n) is 11.3. The quantitative estimate of drug-likeness (QED) is 0.102. The predicted octanol–water partition coefficient (Wildman–Crippen LogP) is 5.86. The lowest BCUT2D eigenvalue weighted by Gasteiger charge is -2.17. The number of esters is 2. The van der Waals surface area contributed by atoms with E-state index in [1.165, 1.54) is 32.3 Å². The maximum Gasteiger partial charge on any atom is 0.309 e. The first-order chi connectivity index (χ1) is 22.9. The smallest absolute Gasteiger partial charge is 0.309 e. The van der Waals surface area contributed by atoms with E-state index in [4.69, 9.17) is 23.7 Å². The van der Waals surface area contributed by atoms with Gasteiger partial charge in [0.05, 0.1) is 57.9 Å². The molecule has 0 aliphatic carbocycles. The fourth-order valence-electron chi connectivity index (χ4n) is 5.28. The van der Waals surface area contributed by atoms with Gasteiger partial charge in [-0.25, -0.2) is 8.78 Å². The lowest BCUT2D eigenvalue weighted by atomic mass is 10.0. The van der Waals surface area contributed by atoms with Crippen LogP contribution < -0.4 is 18.9 Å². The van der Waals surface area contributed by atoms with Gasteiger partial charge in [0.2, 0.25) is 5.91 Å². The summed E-state index contributed by atoms with van der Waals surface area (Å²) in [5.41, 5.74) is 0.869. The van der Waals surface area contributed by atoms with E-state index >= 15 is 8.78 Å². The summed E-state index contributed by atoms with van der Waals surface area (Å²) in [5, 5.41) is 0.177. The number of hydrogen-bond acceptors (Lipinski definition) is 11. The molecule has 2 aromatic carbocycles. The van der Waals surface area contributed by atoms with Gasteiger partial charge in [0.1, 0.15) is 0 Å². The number of amides is 1. The Bertz CT molecular complexity index is 1690. The van der Waals surface area contributed by atoms with E-state index in [9.17, 15) is 19.2 Å². The molecule has 0 fully saturated rings.